The highest BCUT2D eigenvalue weighted by Gasteiger charge is 2.29. The number of carbonyl (C=O) groups is 1. The van der Waals surface area contributed by atoms with E-state index in [-0.39, 0.29) is 12.2 Å². The smallest absolute Gasteiger partial charge is 0.309 e. The highest BCUT2D eigenvalue weighted by atomic mass is 16.5. The second-order valence-electron chi connectivity index (χ2n) is 4.82. The molecule has 0 atom stereocenters. The molecule has 4 heteroatoms. The number of carboxylic acids is 1. The average molecular weight is 238 g/mol. The molecule has 0 amide bonds. The molecule has 94 valence electrons. The van der Waals surface area contributed by atoms with Gasteiger partial charge in [0, 0.05) is 0 Å². The van der Waals surface area contributed by atoms with Gasteiger partial charge in [-0.1, -0.05) is 0 Å². The molecule has 0 saturated carbocycles. The van der Waals surface area contributed by atoms with Gasteiger partial charge in [0.2, 0.25) is 0 Å². The van der Waals surface area contributed by atoms with Crippen molar-refractivity contribution in [2.45, 2.75) is 27.2 Å². The summed E-state index contributed by atoms with van der Waals surface area (Å²) in [4.78, 5) is 11.1. The van der Waals surface area contributed by atoms with Crippen LogP contribution in [0.25, 0.3) is 0 Å². The van der Waals surface area contributed by atoms with Crippen LogP contribution >= 0.6 is 0 Å². The van der Waals surface area contributed by atoms with E-state index in [0.717, 1.165) is 0 Å². The molecule has 4 nitrogen and oxygen atoms in total. The molecule has 0 saturated heterocycles. The predicted molar refractivity (Wildman–Crippen MR) is 64.5 cm³/mol. The van der Waals surface area contributed by atoms with Crippen LogP contribution in [0, 0.1) is 12.3 Å². The molecule has 0 unspecified atom stereocenters. The number of phenols is 1. The maximum Gasteiger partial charge on any atom is 0.309 e. The lowest BCUT2D eigenvalue weighted by molar-refractivity contribution is -0.146. The zero-order valence-corrected chi connectivity index (χ0v) is 10.6. The van der Waals surface area contributed by atoms with Gasteiger partial charge in [0.1, 0.15) is 11.5 Å². The minimum absolute atomic E-state index is 0.139. The van der Waals surface area contributed by atoms with E-state index in [9.17, 15) is 9.90 Å². The third kappa shape index (κ3) is 2.90. The van der Waals surface area contributed by atoms with Crippen molar-refractivity contribution in [2.24, 2.45) is 5.41 Å². The summed E-state index contributed by atoms with van der Waals surface area (Å²) in [5, 5.41) is 19.0. The van der Waals surface area contributed by atoms with E-state index in [0.29, 0.717) is 16.9 Å². The van der Waals surface area contributed by atoms with Crippen LogP contribution < -0.4 is 4.74 Å². The van der Waals surface area contributed by atoms with E-state index in [1.54, 1.807) is 32.9 Å². The van der Waals surface area contributed by atoms with E-state index in [1.165, 1.54) is 7.11 Å². The van der Waals surface area contributed by atoms with Crippen LogP contribution in [0.1, 0.15) is 25.0 Å². The van der Waals surface area contributed by atoms with Gasteiger partial charge < -0.3 is 14.9 Å². The van der Waals surface area contributed by atoms with E-state index in [1.807, 2.05) is 0 Å². The Bertz CT molecular complexity index is 435. The number of hydrogen-bond donors (Lipinski definition) is 2. The number of rotatable bonds is 4. The predicted octanol–water partition coefficient (Wildman–Crippen LogP) is 2.36. The Labute approximate surface area is 101 Å². The molecule has 17 heavy (non-hydrogen) atoms. The lowest BCUT2D eigenvalue weighted by atomic mass is 9.85. The fraction of sp³-hybridized carbons (Fsp3) is 0.462. The Hall–Kier alpha value is -1.71. The van der Waals surface area contributed by atoms with Crippen molar-refractivity contribution in [1.82, 2.24) is 0 Å². The van der Waals surface area contributed by atoms with Crippen LogP contribution in [-0.2, 0) is 11.2 Å². The molecule has 0 spiro atoms. The third-order valence-corrected chi connectivity index (χ3v) is 2.80. The minimum Gasteiger partial charge on any atom is -0.507 e. The second kappa shape index (κ2) is 4.65. The molecule has 0 aliphatic heterocycles. The molecule has 1 aromatic carbocycles. The van der Waals surface area contributed by atoms with Crippen molar-refractivity contribution in [3.8, 4) is 11.5 Å². The molecule has 0 aromatic heterocycles. The highest BCUT2D eigenvalue weighted by Crippen LogP contribution is 2.33. The molecular formula is C13H18O4. The topological polar surface area (TPSA) is 66.8 Å². The molecule has 2 N–H and O–H groups in total. The zero-order valence-electron chi connectivity index (χ0n) is 10.6. The van der Waals surface area contributed by atoms with Gasteiger partial charge in [0.15, 0.2) is 0 Å². The lowest BCUT2D eigenvalue weighted by Gasteiger charge is -2.20. The van der Waals surface area contributed by atoms with Crippen LogP contribution in [0.2, 0.25) is 0 Å². The Morgan fingerprint density at radius 1 is 1.41 bits per heavy atom. The summed E-state index contributed by atoms with van der Waals surface area (Å²) in [6.07, 6.45) is 0.256. The van der Waals surface area contributed by atoms with Gasteiger partial charge in [-0.05, 0) is 50.5 Å². The summed E-state index contributed by atoms with van der Waals surface area (Å²) in [5.74, 6) is -0.131. The zero-order chi connectivity index (χ0) is 13.2. The van der Waals surface area contributed by atoms with Crippen LogP contribution in [0.5, 0.6) is 11.5 Å². The first-order valence-electron chi connectivity index (χ1n) is 5.38. The Kier molecular flexibility index (Phi) is 3.66. The average Bonchev–Trinajstić information content (AvgIpc) is 2.23. The molecule has 0 fully saturated rings. The van der Waals surface area contributed by atoms with Gasteiger partial charge in [-0.3, -0.25) is 4.79 Å². The van der Waals surface area contributed by atoms with Gasteiger partial charge >= 0.3 is 5.97 Å². The van der Waals surface area contributed by atoms with E-state index in [2.05, 4.69) is 0 Å². The van der Waals surface area contributed by atoms with Crippen molar-refractivity contribution >= 4 is 5.97 Å². The standard InChI is InChI=1S/C13H18O4/c1-8-5-10(17-4)6-9(11(8)14)7-13(2,3)12(15)16/h5-6,14H,7H2,1-4H3,(H,15,16). The van der Waals surface area contributed by atoms with Gasteiger partial charge in [0.25, 0.3) is 0 Å². The van der Waals surface area contributed by atoms with Crippen LogP contribution in [0.3, 0.4) is 0 Å². The molecule has 1 aromatic rings. The maximum absolute atomic E-state index is 11.1. The van der Waals surface area contributed by atoms with Gasteiger partial charge in [-0.2, -0.15) is 0 Å². The van der Waals surface area contributed by atoms with Crippen molar-refractivity contribution in [1.29, 1.82) is 0 Å². The first-order chi connectivity index (χ1) is 7.77. The molecule has 0 heterocycles. The summed E-state index contributed by atoms with van der Waals surface area (Å²) in [5.41, 5.74) is 0.353. The largest absolute Gasteiger partial charge is 0.507 e. The number of aryl methyl sites for hydroxylation is 1. The van der Waals surface area contributed by atoms with E-state index < -0.39 is 11.4 Å². The molecular weight excluding hydrogens is 220 g/mol. The van der Waals surface area contributed by atoms with E-state index >= 15 is 0 Å². The maximum atomic E-state index is 11.1. The number of methoxy groups -OCH3 is 1. The fourth-order valence-corrected chi connectivity index (χ4v) is 1.62. The van der Waals surface area contributed by atoms with Crippen LogP contribution in [-0.4, -0.2) is 23.3 Å². The first-order valence-corrected chi connectivity index (χ1v) is 5.38. The van der Waals surface area contributed by atoms with Gasteiger partial charge in [-0.15, -0.1) is 0 Å². The lowest BCUT2D eigenvalue weighted by Crippen LogP contribution is -2.26. The van der Waals surface area contributed by atoms with Crippen molar-refractivity contribution in [3.63, 3.8) is 0 Å². The first kappa shape index (κ1) is 13.4. The number of benzene rings is 1. The van der Waals surface area contributed by atoms with Crippen molar-refractivity contribution < 1.29 is 19.7 Å². The molecule has 1 rings (SSSR count). The SMILES string of the molecule is COc1cc(C)c(O)c(CC(C)(C)C(=O)O)c1. The summed E-state index contributed by atoms with van der Waals surface area (Å²) >= 11 is 0. The number of ether oxygens (including phenoxy) is 1. The second-order valence-corrected chi connectivity index (χ2v) is 4.82. The normalized spacial score (nSPS) is 11.3. The highest BCUT2D eigenvalue weighted by molar-refractivity contribution is 5.74. The van der Waals surface area contributed by atoms with Crippen molar-refractivity contribution in [3.05, 3.63) is 23.3 Å². The Morgan fingerprint density at radius 2 is 2.00 bits per heavy atom. The summed E-state index contributed by atoms with van der Waals surface area (Å²) in [6, 6.07) is 3.39. The van der Waals surface area contributed by atoms with Crippen molar-refractivity contribution in [2.75, 3.05) is 7.11 Å². The monoisotopic (exact) mass is 238 g/mol. The molecule has 0 radical (unpaired) electrons. The van der Waals surface area contributed by atoms with Crippen LogP contribution in [0.15, 0.2) is 12.1 Å². The number of aromatic hydroxyl groups is 1. The summed E-state index contributed by atoms with van der Waals surface area (Å²) in [7, 11) is 1.54. The third-order valence-electron chi connectivity index (χ3n) is 2.80. The summed E-state index contributed by atoms with van der Waals surface area (Å²) in [6.45, 7) is 5.02. The molecule has 0 aliphatic carbocycles. The fourth-order valence-electron chi connectivity index (χ4n) is 1.62. The number of hydrogen-bond acceptors (Lipinski definition) is 3. The quantitative estimate of drug-likeness (QED) is 0.845. The van der Waals surface area contributed by atoms with Gasteiger partial charge in [0.05, 0.1) is 12.5 Å². The number of phenolic OH excluding ortho intramolecular Hbond substituents is 1. The summed E-state index contributed by atoms with van der Waals surface area (Å²) < 4.78 is 5.11. The Balaban J connectivity index is 3.14. The minimum atomic E-state index is -0.920. The molecule has 0 bridgehead atoms. The molecule has 0 aliphatic rings. The van der Waals surface area contributed by atoms with Crippen LogP contribution in [0.4, 0.5) is 0 Å². The van der Waals surface area contributed by atoms with Gasteiger partial charge in [-0.25, -0.2) is 0 Å². The Morgan fingerprint density at radius 3 is 2.47 bits per heavy atom. The number of carboxylic acid groups (broad SMARTS) is 1. The van der Waals surface area contributed by atoms with E-state index in [4.69, 9.17) is 9.84 Å². The number of aliphatic carboxylic acids is 1.